The van der Waals surface area contributed by atoms with Crippen molar-refractivity contribution in [1.82, 2.24) is 24.9 Å². The Morgan fingerprint density at radius 3 is 2.78 bits per heavy atom. The predicted molar refractivity (Wildman–Crippen MR) is 101 cm³/mol. The standard InChI is InChI=1S/C20H23N5O2/c26-19-5-2-1-4-16(19)17-14-18(23-22-17)20(27)24-11-6-15(7-12-24)8-13-25-10-3-9-21-25/h1-5,9-10,14-15,26H,6-8,11-13H2,(H,22,23). The van der Waals surface area contributed by atoms with Crippen molar-refractivity contribution >= 4 is 5.91 Å². The van der Waals surface area contributed by atoms with Gasteiger partial charge in [0.2, 0.25) is 0 Å². The molecule has 0 atom stereocenters. The maximum absolute atomic E-state index is 12.8. The number of piperidine rings is 1. The molecule has 0 bridgehead atoms. The van der Waals surface area contributed by atoms with E-state index in [-0.39, 0.29) is 11.7 Å². The second kappa shape index (κ2) is 7.65. The normalized spacial score (nSPS) is 15.2. The first-order valence-electron chi connectivity index (χ1n) is 9.31. The number of aromatic amines is 1. The Kier molecular flexibility index (Phi) is 4.91. The lowest BCUT2D eigenvalue weighted by molar-refractivity contribution is 0.0678. The van der Waals surface area contributed by atoms with E-state index in [0.717, 1.165) is 38.9 Å². The van der Waals surface area contributed by atoms with Gasteiger partial charge in [-0.1, -0.05) is 12.1 Å². The molecule has 0 unspecified atom stereocenters. The number of aromatic hydroxyl groups is 1. The number of benzene rings is 1. The molecule has 3 aromatic rings. The highest BCUT2D eigenvalue weighted by molar-refractivity contribution is 5.93. The van der Waals surface area contributed by atoms with Crippen molar-refractivity contribution < 1.29 is 9.90 Å². The summed E-state index contributed by atoms with van der Waals surface area (Å²) in [5.41, 5.74) is 1.65. The summed E-state index contributed by atoms with van der Waals surface area (Å²) in [5.74, 6) is 0.743. The SMILES string of the molecule is O=C(c1cc(-c2ccccc2O)n[nH]1)N1CCC(CCn2cccn2)CC1. The molecule has 3 heterocycles. The van der Waals surface area contributed by atoms with Crippen molar-refractivity contribution in [3.05, 3.63) is 54.5 Å². The van der Waals surface area contributed by atoms with Gasteiger partial charge in [0.15, 0.2) is 0 Å². The quantitative estimate of drug-likeness (QED) is 0.728. The van der Waals surface area contributed by atoms with Crippen molar-refractivity contribution in [3.63, 3.8) is 0 Å². The van der Waals surface area contributed by atoms with E-state index in [1.165, 1.54) is 0 Å². The van der Waals surface area contributed by atoms with Gasteiger partial charge in [-0.3, -0.25) is 14.6 Å². The minimum atomic E-state index is -0.0327. The zero-order valence-corrected chi connectivity index (χ0v) is 15.1. The average Bonchev–Trinajstić information content (AvgIpc) is 3.39. The maximum atomic E-state index is 12.8. The van der Waals surface area contributed by atoms with Gasteiger partial charge in [-0.2, -0.15) is 10.2 Å². The molecule has 0 saturated carbocycles. The molecule has 2 N–H and O–H groups in total. The van der Waals surface area contributed by atoms with Gasteiger partial charge >= 0.3 is 0 Å². The molecule has 2 aromatic heterocycles. The monoisotopic (exact) mass is 365 g/mol. The van der Waals surface area contributed by atoms with Crippen LogP contribution in [0.1, 0.15) is 29.8 Å². The second-order valence-electron chi connectivity index (χ2n) is 6.98. The van der Waals surface area contributed by atoms with Crippen LogP contribution in [-0.2, 0) is 6.54 Å². The third kappa shape index (κ3) is 3.86. The summed E-state index contributed by atoms with van der Waals surface area (Å²) in [7, 11) is 0. The largest absolute Gasteiger partial charge is 0.507 e. The number of phenols is 1. The zero-order valence-electron chi connectivity index (χ0n) is 15.1. The van der Waals surface area contributed by atoms with Crippen LogP contribution >= 0.6 is 0 Å². The van der Waals surface area contributed by atoms with E-state index in [1.807, 2.05) is 27.9 Å². The third-order valence-corrected chi connectivity index (χ3v) is 5.22. The Balaban J connectivity index is 1.34. The first-order valence-corrected chi connectivity index (χ1v) is 9.31. The fraction of sp³-hybridized carbons (Fsp3) is 0.350. The fourth-order valence-corrected chi connectivity index (χ4v) is 3.60. The summed E-state index contributed by atoms with van der Waals surface area (Å²) < 4.78 is 1.96. The van der Waals surface area contributed by atoms with Crippen LogP contribution in [0.3, 0.4) is 0 Å². The number of aryl methyl sites for hydroxylation is 1. The van der Waals surface area contributed by atoms with Gasteiger partial charge in [0.1, 0.15) is 11.4 Å². The van der Waals surface area contributed by atoms with E-state index in [1.54, 1.807) is 30.5 Å². The van der Waals surface area contributed by atoms with E-state index in [4.69, 9.17) is 0 Å². The highest BCUT2D eigenvalue weighted by Gasteiger charge is 2.25. The molecule has 1 aliphatic heterocycles. The van der Waals surface area contributed by atoms with Gasteiger partial charge in [-0.05, 0) is 49.4 Å². The number of hydrogen-bond donors (Lipinski definition) is 2. The van der Waals surface area contributed by atoms with Crippen LogP contribution < -0.4 is 0 Å². The van der Waals surface area contributed by atoms with Crippen LogP contribution in [0.25, 0.3) is 11.3 Å². The number of H-pyrrole nitrogens is 1. The lowest BCUT2D eigenvalue weighted by Gasteiger charge is -2.31. The Hall–Kier alpha value is -3.09. The van der Waals surface area contributed by atoms with Gasteiger partial charge in [-0.15, -0.1) is 0 Å². The summed E-state index contributed by atoms with van der Waals surface area (Å²) in [4.78, 5) is 14.6. The molecule has 140 valence electrons. The number of amides is 1. The molecular weight excluding hydrogens is 342 g/mol. The molecule has 4 rings (SSSR count). The molecule has 1 aromatic carbocycles. The molecular formula is C20H23N5O2. The van der Waals surface area contributed by atoms with E-state index >= 15 is 0 Å². The molecule has 7 heteroatoms. The molecule has 0 aliphatic carbocycles. The average molecular weight is 365 g/mol. The Labute approximate surface area is 157 Å². The van der Waals surface area contributed by atoms with Gasteiger partial charge < -0.3 is 10.0 Å². The van der Waals surface area contributed by atoms with E-state index in [0.29, 0.717) is 22.9 Å². The van der Waals surface area contributed by atoms with Crippen molar-refractivity contribution in [2.24, 2.45) is 5.92 Å². The van der Waals surface area contributed by atoms with Crippen LogP contribution in [0, 0.1) is 5.92 Å². The summed E-state index contributed by atoms with van der Waals surface area (Å²) in [6, 6.07) is 10.6. The molecule has 1 amide bonds. The lowest BCUT2D eigenvalue weighted by atomic mass is 9.93. The highest BCUT2D eigenvalue weighted by atomic mass is 16.3. The number of carbonyl (C=O) groups is 1. The molecule has 0 spiro atoms. The number of aromatic nitrogens is 4. The van der Waals surface area contributed by atoms with Crippen molar-refractivity contribution in [3.8, 4) is 17.0 Å². The van der Waals surface area contributed by atoms with Gasteiger partial charge in [0.05, 0.1) is 5.69 Å². The molecule has 1 aliphatic rings. The summed E-state index contributed by atoms with van der Waals surface area (Å²) in [5, 5.41) is 21.2. The number of phenolic OH excluding ortho intramolecular Hbond substituents is 1. The number of hydrogen-bond acceptors (Lipinski definition) is 4. The topological polar surface area (TPSA) is 87.0 Å². The number of nitrogens with one attached hydrogen (secondary N) is 1. The molecule has 7 nitrogen and oxygen atoms in total. The molecule has 1 fully saturated rings. The van der Waals surface area contributed by atoms with E-state index in [9.17, 15) is 9.90 Å². The number of carbonyl (C=O) groups excluding carboxylic acids is 1. The fourth-order valence-electron chi connectivity index (χ4n) is 3.60. The van der Waals surface area contributed by atoms with Crippen molar-refractivity contribution in [2.45, 2.75) is 25.8 Å². The Bertz CT molecular complexity index is 895. The van der Waals surface area contributed by atoms with Crippen LogP contribution in [-0.4, -0.2) is 49.0 Å². The van der Waals surface area contributed by atoms with Crippen LogP contribution in [0.15, 0.2) is 48.8 Å². The maximum Gasteiger partial charge on any atom is 0.271 e. The lowest BCUT2D eigenvalue weighted by Crippen LogP contribution is -2.38. The van der Waals surface area contributed by atoms with Gasteiger partial charge in [0, 0.05) is 37.6 Å². The Morgan fingerprint density at radius 2 is 2.04 bits per heavy atom. The summed E-state index contributed by atoms with van der Waals surface area (Å²) >= 11 is 0. The van der Waals surface area contributed by atoms with Crippen molar-refractivity contribution in [2.75, 3.05) is 13.1 Å². The minimum absolute atomic E-state index is 0.0327. The summed E-state index contributed by atoms with van der Waals surface area (Å²) in [6.07, 6.45) is 6.89. The molecule has 1 saturated heterocycles. The molecule has 27 heavy (non-hydrogen) atoms. The first kappa shape index (κ1) is 17.3. The number of para-hydroxylation sites is 1. The van der Waals surface area contributed by atoms with Crippen LogP contribution in [0.2, 0.25) is 0 Å². The molecule has 0 radical (unpaired) electrons. The van der Waals surface area contributed by atoms with Gasteiger partial charge in [-0.25, -0.2) is 0 Å². The minimum Gasteiger partial charge on any atom is -0.507 e. The zero-order chi connectivity index (χ0) is 18.6. The second-order valence-corrected chi connectivity index (χ2v) is 6.98. The van der Waals surface area contributed by atoms with Crippen molar-refractivity contribution in [1.29, 1.82) is 0 Å². The van der Waals surface area contributed by atoms with Crippen LogP contribution in [0.4, 0.5) is 0 Å². The Morgan fingerprint density at radius 1 is 1.22 bits per heavy atom. The first-order chi connectivity index (χ1) is 13.2. The smallest absolute Gasteiger partial charge is 0.271 e. The third-order valence-electron chi connectivity index (χ3n) is 5.22. The summed E-state index contributed by atoms with van der Waals surface area (Å²) in [6.45, 7) is 2.44. The number of rotatable bonds is 5. The van der Waals surface area contributed by atoms with E-state index in [2.05, 4.69) is 15.3 Å². The van der Waals surface area contributed by atoms with Crippen LogP contribution in [0.5, 0.6) is 5.75 Å². The van der Waals surface area contributed by atoms with E-state index < -0.39 is 0 Å². The highest BCUT2D eigenvalue weighted by Crippen LogP contribution is 2.28. The number of nitrogens with zero attached hydrogens (tertiary/aromatic N) is 4. The number of likely N-dealkylation sites (tertiary alicyclic amines) is 1. The predicted octanol–water partition coefficient (Wildman–Crippen LogP) is 2.92. The van der Waals surface area contributed by atoms with Gasteiger partial charge in [0.25, 0.3) is 5.91 Å².